The summed E-state index contributed by atoms with van der Waals surface area (Å²) in [6.45, 7) is 2.46. The summed E-state index contributed by atoms with van der Waals surface area (Å²) in [5.74, 6) is 0. The Labute approximate surface area is 208 Å². The summed E-state index contributed by atoms with van der Waals surface area (Å²) >= 11 is 14.5. The van der Waals surface area contributed by atoms with Gasteiger partial charge < -0.3 is 4.90 Å². The molecule has 0 amide bonds. The number of rotatable bonds is 7. The third kappa shape index (κ3) is 6.00. The molecule has 2 aromatic carbocycles. The molecule has 0 saturated carbocycles. The van der Waals surface area contributed by atoms with E-state index in [1.807, 2.05) is 24.4 Å². The van der Waals surface area contributed by atoms with Gasteiger partial charge in [0.1, 0.15) is 11.2 Å². The number of likely N-dealkylation sites (tertiary alicyclic amines) is 1. The second-order valence-electron chi connectivity index (χ2n) is 8.19. The van der Waals surface area contributed by atoms with E-state index in [9.17, 15) is 8.42 Å². The predicted molar refractivity (Wildman–Crippen MR) is 137 cm³/mol. The molecule has 33 heavy (non-hydrogen) atoms. The van der Waals surface area contributed by atoms with Crippen molar-refractivity contribution in [3.8, 4) is 0 Å². The minimum absolute atomic E-state index is 0.0299. The molecule has 3 aromatic rings. The molecule has 0 aliphatic carbocycles. The van der Waals surface area contributed by atoms with Gasteiger partial charge in [-0.15, -0.1) is 16.2 Å². The Morgan fingerprint density at radius 1 is 1.18 bits per heavy atom. The second kappa shape index (κ2) is 10.2. The molecule has 0 spiro atoms. The zero-order valence-electron chi connectivity index (χ0n) is 18.3. The SMILES string of the molecule is CN(C)/C=N/S(=O)(=O)c1cc(CN2CC[C@H](Sc3cc4ccncc4cc3Cl)C2)ccc1Cl. The fourth-order valence-corrected chi connectivity index (χ4v) is 6.70. The molecule has 4 rings (SSSR count). The Kier molecular flexibility index (Phi) is 7.50. The van der Waals surface area contributed by atoms with Crippen molar-refractivity contribution in [2.24, 2.45) is 4.40 Å². The molecule has 0 N–H and O–H groups in total. The molecule has 6 nitrogen and oxygen atoms in total. The van der Waals surface area contributed by atoms with Crippen molar-refractivity contribution in [3.05, 3.63) is 64.4 Å². The van der Waals surface area contributed by atoms with E-state index < -0.39 is 10.0 Å². The number of pyridine rings is 1. The first-order valence-corrected chi connectivity index (χ1v) is 13.5. The van der Waals surface area contributed by atoms with Crippen LogP contribution in [-0.4, -0.2) is 62.0 Å². The first-order chi connectivity index (χ1) is 15.7. The summed E-state index contributed by atoms with van der Waals surface area (Å²) in [7, 11) is -0.443. The molecule has 1 saturated heterocycles. The summed E-state index contributed by atoms with van der Waals surface area (Å²) in [5.41, 5.74) is 0.889. The van der Waals surface area contributed by atoms with E-state index in [-0.39, 0.29) is 9.92 Å². The van der Waals surface area contributed by atoms with E-state index in [0.717, 1.165) is 45.8 Å². The average molecular weight is 524 g/mol. The first kappa shape index (κ1) is 24.3. The van der Waals surface area contributed by atoms with Crippen LogP contribution in [0.15, 0.2) is 63.0 Å². The zero-order chi connectivity index (χ0) is 23.6. The van der Waals surface area contributed by atoms with Crippen LogP contribution in [0.4, 0.5) is 0 Å². The van der Waals surface area contributed by atoms with Crippen molar-refractivity contribution in [1.82, 2.24) is 14.8 Å². The van der Waals surface area contributed by atoms with Gasteiger partial charge in [-0.3, -0.25) is 9.88 Å². The van der Waals surface area contributed by atoms with Crippen LogP contribution in [0.25, 0.3) is 10.8 Å². The predicted octanol–water partition coefficient (Wildman–Crippen LogP) is 5.19. The van der Waals surface area contributed by atoms with Crippen LogP contribution < -0.4 is 0 Å². The van der Waals surface area contributed by atoms with Gasteiger partial charge in [-0.1, -0.05) is 29.3 Å². The monoisotopic (exact) mass is 522 g/mol. The van der Waals surface area contributed by atoms with Gasteiger partial charge in [0.05, 0.1) is 10.0 Å². The van der Waals surface area contributed by atoms with Crippen LogP contribution >= 0.6 is 35.0 Å². The van der Waals surface area contributed by atoms with Crippen molar-refractivity contribution in [3.63, 3.8) is 0 Å². The molecule has 0 radical (unpaired) electrons. The van der Waals surface area contributed by atoms with E-state index in [1.165, 1.54) is 6.34 Å². The Bertz CT molecular complexity index is 1300. The number of hydrogen-bond donors (Lipinski definition) is 0. The molecule has 1 fully saturated rings. The van der Waals surface area contributed by atoms with Gasteiger partial charge >= 0.3 is 0 Å². The summed E-state index contributed by atoms with van der Waals surface area (Å²) < 4.78 is 28.9. The highest BCUT2D eigenvalue weighted by molar-refractivity contribution is 8.00. The molecule has 0 bridgehead atoms. The quantitative estimate of drug-likeness (QED) is 0.314. The molecule has 2 heterocycles. The smallest absolute Gasteiger partial charge is 0.285 e. The second-order valence-corrected chi connectivity index (χ2v) is 12.0. The Morgan fingerprint density at radius 2 is 2.00 bits per heavy atom. The lowest BCUT2D eigenvalue weighted by atomic mass is 10.2. The van der Waals surface area contributed by atoms with E-state index in [0.29, 0.717) is 11.8 Å². The number of sulfonamides is 1. The summed E-state index contributed by atoms with van der Waals surface area (Å²) in [4.78, 5) is 9.14. The topological polar surface area (TPSA) is 65.9 Å². The van der Waals surface area contributed by atoms with Crippen LogP contribution in [0, 0.1) is 0 Å². The first-order valence-electron chi connectivity index (χ1n) is 10.4. The number of benzene rings is 2. The Morgan fingerprint density at radius 3 is 2.79 bits per heavy atom. The molecule has 1 aromatic heterocycles. The number of fused-ring (bicyclic) bond motifs is 1. The van der Waals surface area contributed by atoms with E-state index in [4.69, 9.17) is 23.2 Å². The minimum atomic E-state index is -3.86. The van der Waals surface area contributed by atoms with Gasteiger partial charge in [0.2, 0.25) is 0 Å². The molecule has 0 unspecified atom stereocenters. The van der Waals surface area contributed by atoms with E-state index in [1.54, 1.807) is 49.1 Å². The third-order valence-corrected chi connectivity index (χ3v) is 8.75. The van der Waals surface area contributed by atoms with Crippen LogP contribution in [0.3, 0.4) is 0 Å². The van der Waals surface area contributed by atoms with E-state index >= 15 is 0 Å². The largest absolute Gasteiger partial charge is 0.368 e. The lowest BCUT2D eigenvalue weighted by molar-refractivity contribution is 0.332. The Hall–Kier alpha value is -1.84. The average Bonchev–Trinajstić information content (AvgIpc) is 3.21. The standard InChI is InChI=1S/C23H24Cl2N4O2S2/c1-28(2)15-27-33(30,31)23-9-16(3-4-20(23)24)13-29-8-6-19(14-29)32-22-11-17-5-7-26-12-18(17)10-21(22)25/h3-5,7,9-12,15,19H,6,8,13-14H2,1-2H3/b27-15+/t19-/m0/s1. The van der Waals surface area contributed by atoms with Gasteiger partial charge in [-0.2, -0.15) is 8.42 Å². The fourth-order valence-electron chi connectivity index (χ4n) is 3.71. The molecule has 1 aliphatic heterocycles. The van der Waals surface area contributed by atoms with Crippen molar-refractivity contribution in [2.75, 3.05) is 27.2 Å². The van der Waals surface area contributed by atoms with Crippen molar-refractivity contribution in [1.29, 1.82) is 0 Å². The molecule has 10 heteroatoms. The van der Waals surface area contributed by atoms with Crippen molar-refractivity contribution < 1.29 is 8.42 Å². The molecule has 1 atom stereocenters. The maximum atomic E-state index is 12.6. The number of hydrogen-bond acceptors (Lipinski definition) is 5. The highest BCUT2D eigenvalue weighted by Gasteiger charge is 2.25. The highest BCUT2D eigenvalue weighted by atomic mass is 35.5. The third-order valence-electron chi connectivity index (χ3n) is 5.31. The normalized spacial score (nSPS) is 17.3. The molecule has 1 aliphatic rings. The number of thioether (sulfide) groups is 1. The van der Waals surface area contributed by atoms with Crippen LogP contribution in [0.2, 0.25) is 10.0 Å². The summed E-state index contributed by atoms with van der Waals surface area (Å²) in [5, 5.41) is 3.47. The van der Waals surface area contributed by atoms with Crippen molar-refractivity contribution >= 4 is 62.1 Å². The van der Waals surface area contributed by atoms with Crippen LogP contribution in [0.5, 0.6) is 0 Å². The maximum absolute atomic E-state index is 12.6. The summed E-state index contributed by atoms with van der Waals surface area (Å²) in [6.07, 6.45) is 5.89. The molecule has 174 valence electrons. The van der Waals surface area contributed by atoms with Crippen LogP contribution in [-0.2, 0) is 16.6 Å². The van der Waals surface area contributed by atoms with Gasteiger partial charge in [-0.05, 0) is 54.2 Å². The van der Waals surface area contributed by atoms with E-state index in [2.05, 4.69) is 20.3 Å². The van der Waals surface area contributed by atoms with Gasteiger partial charge in [0.25, 0.3) is 10.0 Å². The van der Waals surface area contributed by atoms with Gasteiger partial charge in [-0.25, -0.2) is 0 Å². The van der Waals surface area contributed by atoms with Crippen LogP contribution in [0.1, 0.15) is 12.0 Å². The molecular weight excluding hydrogens is 499 g/mol. The number of halogens is 2. The summed E-state index contributed by atoms with van der Waals surface area (Å²) in [6, 6.07) is 11.2. The lowest BCUT2D eigenvalue weighted by Gasteiger charge is -2.17. The van der Waals surface area contributed by atoms with Gasteiger partial charge in [0.15, 0.2) is 0 Å². The van der Waals surface area contributed by atoms with Gasteiger partial charge in [0, 0.05) is 55.1 Å². The number of nitrogens with zero attached hydrogens (tertiary/aromatic N) is 4. The fraction of sp³-hybridized carbons (Fsp3) is 0.304. The Balaban J connectivity index is 1.44. The molecular formula is C23H24Cl2N4O2S2. The number of aromatic nitrogens is 1. The highest BCUT2D eigenvalue weighted by Crippen LogP contribution is 2.37. The zero-order valence-corrected chi connectivity index (χ0v) is 21.4. The maximum Gasteiger partial charge on any atom is 0.285 e. The minimum Gasteiger partial charge on any atom is -0.368 e. The van der Waals surface area contributed by atoms with Crippen molar-refractivity contribution in [2.45, 2.75) is 28.0 Å². The lowest BCUT2D eigenvalue weighted by Crippen LogP contribution is -2.21.